The van der Waals surface area contributed by atoms with Crippen LogP contribution in [0.3, 0.4) is 0 Å². The maximum atomic E-state index is 12.4. The van der Waals surface area contributed by atoms with Crippen molar-refractivity contribution in [3.8, 4) is 5.75 Å². The van der Waals surface area contributed by atoms with Gasteiger partial charge in [0.15, 0.2) is 6.61 Å². The van der Waals surface area contributed by atoms with Gasteiger partial charge in [0.05, 0.1) is 0 Å². The summed E-state index contributed by atoms with van der Waals surface area (Å²) in [5.74, 6) is 0.621. The second-order valence-electron chi connectivity index (χ2n) is 5.19. The van der Waals surface area contributed by atoms with E-state index in [1.165, 1.54) is 5.56 Å². The van der Waals surface area contributed by atoms with Crippen LogP contribution in [0.4, 0.5) is 5.69 Å². The molecule has 1 amide bonds. The van der Waals surface area contributed by atoms with Crippen molar-refractivity contribution in [3.63, 3.8) is 0 Å². The molecule has 0 spiro atoms. The van der Waals surface area contributed by atoms with Gasteiger partial charge in [-0.15, -0.1) is 0 Å². The van der Waals surface area contributed by atoms with Crippen LogP contribution in [0.15, 0.2) is 48.5 Å². The van der Waals surface area contributed by atoms with Gasteiger partial charge in [0, 0.05) is 16.8 Å². The zero-order valence-corrected chi connectivity index (χ0v) is 12.5. The summed E-state index contributed by atoms with van der Waals surface area (Å²) in [5.41, 5.74) is 2.21. The van der Waals surface area contributed by atoms with E-state index in [1.54, 1.807) is 24.3 Å². The predicted octanol–water partition coefficient (Wildman–Crippen LogP) is 3.70. The lowest BCUT2D eigenvalue weighted by Gasteiger charge is -2.22. The Hall–Kier alpha value is -2.00. The molecule has 0 aliphatic carbocycles. The van der Waals surface area contributed by atoms with Crippen molar-refractivity contribution >= 4 is 23.2 Å². The zero-order chi connectivity index (χ0) is 14.8. The second kappa shape index (κ2) is 5.78. The molecule has 0 saturated carbocycles. The number of carbonyl (C=O) groups is 1. The average Bonchev–Trinajstić information content (AvgIpc) is 2.82. The Bertz CT molecular complexity index is 654. The largest absolute Gasteiger partial charge is 0.484 e. The fraction of sp³-hybridized carbons (Fsp3) is 0.235. The van der Waals surface area contributed by atoms with E-state index < -0.39 is 0 Å². The van der Waals surface area contributed by atoms with Crippen LogP contribution in [-0.2, 0) is 11.2 Å². The van der Waals surface area contributed by atoms with Crippen LogP contribution in [0.2, 0.25) is 5.02 Å². The van der Waals surface area contributed by atoms with Gasteiger partial charge in [-0.2, -0.15) is 0 Å². The summed E-state index contributed by atoms with van der Waals surface area (Å²) in [7, 11) is 0. The highest BCUT2D eigenvalue weighted by Gasteiger charge is 2.30. The molecule has 0 fully saturated rings. The number of amides is 1. The minimum atomic E-state index is -0.0256. The molecule has 0 bridgehead atoms. The fourth-order valence-corrected chi connectivity index (χ4v) is 2.82. The highest BCUT2D eigenvalue weighted by Crippen LogP contribution is 2.31. The predicted molar refractivity (Wildman–Crippen MR) is 84.0 cm³/mol. The van der Waals surface area contributed by atoms with Gasteiger partial charge in [-0.1, -0.05) is 29.8 Å². The Morgan fingerprint density at radius 1 is 1.24 bits per heavy atom. The molecular formula is C17H16ClNO2. The van der Waals surface area contributed by atoms with E-state index in [2.05, 4.69) is 13.0 Å². The topological polar surface area (TPSA) is 29.5 Å². The summed E-state index contributed by atoms with van der Waals surface area (Å²) in [6.45, 7) is 2.08. The normalized spacial score (nSPS) is 16.7. The van der Waals surface area contributed by atoms with Gasteiger partial charge in [0.1, 0.15) is 5.75 Å². The standard InChI is InChI=1S/C17H16ClNO2/c1-12-10-13-4-2-3-5-16(13)19(12)17(20)11-21-15-8-6-14(18)7-9-15/h2-9,12H,10-11H2,1H3/t12-/m0/s1. The summed E-state index contributed by atoms with van der Waals surface area (Å²) < 4.78 is 5.55. The van der Waals surface area contributed by atoms with Crippen LogP contribution in [0.1, 0.15) is 12.5 Å². The maximum absolute atomic E-state index is 12.4. The third-order valence-corrected chi connectivity index (χ3v) is 3.90. The molecule has 108 valence electrons. The van der Waals surface area contributed by atoms with Crippen LogP contribution in [-0.4, -0.2) is 18.6 Å². The smallest absolute Gasteiger partial charge is 0.265 e. The highest BCUT2D eigenvalue weighted by atomic mass is 35.5. The number of rotatable bonds is 3. The SMILES string of the molecule is C[C@H]1Cc2ccccc2N1C(=O)COc1ccc(Cl)cc1. The molecule has 21 heavy (non-hydrogen) atoms. The average molecular weight is 302 g/mol. The number of benzene rings is 2. The number of ether oxygens (including phenoxy) is 1. The Kier molecular flexibility index (Phi) is 3.84. The molecule has 0 saturated heterocycles. The lowest BCUT2D eigenvalue weighted by molar-refractivity contribution is -0.120. The molecule has 2 aromatic rings. The van der Waals surface area contributed by atoms with Crippen LogP contribution >= 0.6 is 11.6 Å². The molecule has 0 N–H and O–H groups in total. The van der Waals surface area contributed by atoms with Crippen molar-refractivity contribution in [1.82, 2.24) is 0 Å². The number of halogens is 1. The number of hydrogen-bond donors (Lipinski definition) is 0. The van der Waals surface area contributed by atoms with Crippen LogP contribution in [0, 0.1) is 0 Å². The number of para-hydroxylation sites is 1. The summed E-state index contributed by atoms with van der Waals surface area (Å²) in [6.07, 6.45) is 0.892. The zero-order valence-electron chi connectivity index (χ0n) is 11.8. The quantitative estimate of drug-likeness (QED) is 0.865. The molecule has 0 aromatic heterocycles. The summed E-state index contributed by atoms with van der Waals surface area (Å²) in [6, 6.07) is 15.2. The van der Waals surface area contributed by atoms with Crippen molar-refractivity contribution in [3.05, 3.63) is 59.1 Å². The summed E-state index contributed by atoms with van der Waals surface area (Å²) in [4.78, 5) is 14.3. The maximum Gasteiger partial charge on any atom is 0.265 e. The number of anilines is 1. The third-order valence-electron chi connectivity index (χ3n) is 3.65. The van der Waals surface area contributed by atoms with Gasteiger partial charge in [0.2, 0.25) is 0 Å². The van der Waals surface area contributed by atoms with Crippen molar-refractivity contribution in [2.45, 2.75) is 19.4 Å². The molecule has 4 heteroatoms. The number of hydrogen-bond acceptors (Lipinski definition) is 2. The number of nitrogens with zero attached hydrogens (tertiary/aromatic N) is 1. The Morgan fingerprint density at radius 3 is 2.71 bits per heavy atom. The van der Waals surface area contributed by atoms with Gasteiger partial charge >= 0.3 is 0 Å². The minimum absolute atomic E-state index is 0.0256. The van der Waals surface area contributed by atoms with Gasteiger partial charge < -0.3 is 9.64 Å². The van der Waals surface area contributed by atoms with Crippen molar-refractivity contribution in [2.24, 2.45) is 0 Å². The lowest BCUT2D eigenvalue weighted by atomic mass is 10.1. The summed E-state index contributed by atoms with van der Waals surface area (Å²) in [5, 5.41) is 0.649. The van der Waals surface area contributed by atoms with Crippen molar-refractivity contribution in [2.75, 3.05) is 11.5 Å². The van der Waals surface area contributed by atoms with E-state index in [1.807, 2.05) is 23.1 Å². The van der Waals surface area contributed by atoms with Gasteiger partial charge in [-0.3, -0.25) is 4.79 Å². The van der Waals surface area contributed by atoms with Gasteiger partial charge in [-0.25, -0.2) is 0 Å². The molecule has 3 nitrogen and oxygen atoms in total. The highest BCUT2D eigenvalue weighted by molar-refractivity contribution is 6.30. The first-order valence-corrected chi connectivity index (χ1v) is 7.31. The number of fused-ring (bicyclic) bond motifs is 1. The van der Waals surface area contributed by atoms with E-state index in [9.17, 15) is 4.79 Å². The Morgan fingerprint density at radius 2 is 1.95 bits per heavy atom. The monoisotopic (exact) mass is 301 g/mol. The van der Waals surface area contributed by atoms with E-state index >= 15 is 0 Å². The van der Waals surface area contributed by atoms with Crippen LogP contribution in [0.25, 0.3) is 0 Å². The Balaban J connectivity index is 1.70. The van der Waals surface area contributed by atoms with Gasteiger partial charge in [-0.05, 0) is 49.2 Å². The molecular weight excluding hydrogens is 286 g/mol. The number of carbonyl (C=O) groups excluding carboxylic acids is 1. The van der Waals surface area contributed by atoms with E-state index in [0.717, 1.165) is 12.1 Å². The molecule has 1 aliphatic heterocycles. The van der Waals surface area contributed by atoms with Crippen molar-refractivity contribution in [1.29, 1.82) is 0 Å². The lowest BCUT2D eigenvalue weighted by Crippen LogP contribution is -2.39. The van der Waals surface area contributed by atoms with Crippen molar-refractivity contribution < 1.29 is 9.53 Å². The van der Waals surface area contributed by atoms with E-state index in [0.29, 0.717) is 10.8 Å². The first kappa shape index (κ1) is 14.0. The third kappa shape index (κ3) is 2.88. The van der Waals surface area contributed by atoms with Gasteiger partial charge in [0.25, 0.3) is 5.91 Å². The molecule has 3 rings (SSSR count). The van der Waals surface area contributed by atoms with E-state index in [-0.39, 0.29) is 18.6 Å². The molecule has 1 heterocycles. The molecule has 0 unspecified atom stereocenters. The molecule has 1 atom stereocenters. The molecule has 0 radical (unpaired) electrons. The molecule has 2 aromatic carbocycles. The summed E-state index contributed by atoms with van der Waals surface area (Å²) >= 11 is 5.82. The van der Waals surface area contributed by atoms with Crippen LogP contribution in [0.5, 0.6) is 5.75 Å². The Labute approximate surface area is 129 Å². The second-order valence-corrected chi connectivity index (χ2v) is 5.62. The minimum Gasteiger partial charge on any atom is -0.484 e. The first-order chi connectivity index (χ1) is 10.1. The van der Waals surface area contributed by atoms with E-state index in [4.69, 9.17) is 16.3 Å². The van der Waals surface area contributed by atoms with Crippen LogP contribution < -0.4 is 9.64 Å². The molecule has 1 aliphatic rings. The fourth-order valence-electron chi connectivity index (χ4n) is 2.69. The first-order valence-electron chi connectivity index (χ1n) is 6.93.